The maximum Gasteiger partial charge on any atom is 0.287 e. The molecule has 0 saturated carbocycles. The smallest absolute Gasteiger partial charge is 0.287 e. The average Bonchev–Trinajstić information content (AvgIpc) is 2.75. The van der Waals surface area contributed by atoms with Gasteiger partial charge in [0.2, 0.25) is 0 Å². The number of hydrogen-bond donors (Lipinski definition) is 3. The number of aliphatic hydroxyl groups is 1. The Balaban J connectivity index is 1.79. The molecule has 5 heteroatoms. The lowest BCUT2D eigenvalue weighted by Crippen LogP contribution is -2.88. The van der Waals surface area contributed by atoms with Crippen LogP contribution in [0.3, 0.4) is 0 Å². The van der Waals surface area contributed by atoms with Crippen molar-refractivity contribution < 1.29 is 20.0 Å². The quantitative estimate of drug-likeness (QED) is 0.553. The fourth-order valence-corrected chi connectivity index (χ4v) is 3.26. The molecule has 4 N–H and O–H groups in total. The first-order chi connectivity index (χ1) is 14.1. The van der Waals surface area contributed by atoms with E-state index < -0.39 is 12.1 Å². The highest BCUT2D eigenvalue weighted by Gasteiger charge is 2.26. The highest BCUT2D eigenvalue weighted by Crippen LogP contribution is 2.26. The van der Waals surface area contributed by atoms with Crippen molar-refractivity contribution in [2.75, 3.05) is 19.0 Å². The van der Waals surface area contributed by atoms with E-state index >= 15 is 0 Å². The van der Waals surface area contributed by atoms with Crippen molar-refractivity contribution in [3.05, 3.63) is 95.6 Å². The topological polar surface area (TPSA) is 75.2 Å². The van der Waals surface area contributed by atoms with Gasteiger partial charge < -0.3 is 20.5 Å². The van der Waals surface area contributed by atoms with Crippen molar-refractivity contribution in [1.29, 1.82) is 0 Å². The number of ether oxygens (including phenoxy) is 1. The minimum Gasteiger partial charge on any atom is -0.495 e. The molecule has 150 valence electrons. The summed E-state index contributed by atoms with van der Waals surface area (Å²) in [6.07, 6.45) is -0.663. The van der Waals surface area contributed by atoms with Crippen LogP contribution in [-0.2, 0) is 4.79 Å². The van der Waals surface area contributed by atoms with Gasteiger partial charge in [-0.1, -0.05) is 66.7 Å². The second kappa shape index (κ2) is 9.87. The molecule has 29 heavy (non-hydrogen) atoms. The Kier molecular flexibility index (Phi) is 7.00. The number of benzene rings is 3. The predicted octanol–water partition coefficient (Wildman–Crippen LogP) is 2.98. The molecule has 1 amide bonds. The minimum atomic E-state index is -0.663. The van der Waals surface area contributed by atoms with Crippen LogP contribution in [0.2, 0.25) is 0 Å². The van der Waals surface area contributed by atoms with Crippen LogP contribution >= 0.6 is 0 Å². The molecule has 0 aliphatic heterocycles. The lowest BCUT2D eigenvalue weighted by Gasteiger charge is -2.19. The van der Waals surface area contributed by atoms with E-state index in [-0.39, 0.29) is 5.91 Å². The van der Waals surface area contributed by atoms with Crippen LogP contribution in [0.5, 0.6) is 5.75 Å². The molecule has 3 aromatic rings. The van der Waals surface area contributed by atoms with Crippen LogP contribution in [0.1, 0.15) is 28.8 Å². The fraction of sp³-hybridized carbons (Fsp3) is 0.208. The summed E-state index contributed by atoms with van der Waals surface area (Å²) in [5, 5.41) is 15.4. The van der Waals surface area contributed by atoms with Crippen LogP contribution in [0.25, 0.3) is 0 Å². The van der Waals surface area contributed by atoms with Crippen molar-refractivity contribution in [1.82, 2.24) is 0 Å². The van der Waals surface area contributed by atoms with Gasteiger partial charge in [-0.15, -0.1) is 0 Å². The number of nitrogens with one attached hydrogen (secondary N) is 1. The van der Waals surface area contributed by atoms with Crippen LogP contribution in [0.4, 0.5) is 5.69 Å². The van der Waals surface area contributed by atoms with Gasteiger partial charge in [0.25, 0.3) is 5.91 Å². The summed E-state index contributed by atoms with van der Waals surface area (Å²) in [5.41, 5.74) is 3.37. The fourth-order valence-electron chi connectivity index (χ4n) is 3.26. The third-order valence-corrected chi connectivity index (χ3v) is 4.83. The number of methoxy groups -OCH3 is 1. The molecule has 0 radical (unpaired) electrons. The zero-order valence-electron chi connectivity index (χ0n) is 16.7. The summed E-state index contributed by atoms with van der Waals surface area (Å²) in [6.45, 7) is 2.33. The van der Waals surface area contributed by atoms with E-state index in [1.165, 1.54) is 0 Å². The molecule has 0 aromatic heterocycles. The Hall–Kier alpha value is -3.15. The van der Waals surface area contributed by atoms with Gasteiger partial charge in [0.15, 0.2) is 6.04 Å². The number of quaternary nitrogens is 1. The Morgan fingerprint density at radius 1 is 1.00 bits per heavy atom. The Morgan fingerprint density at radius 2 is 1.62 bits per heavy atom. The van der Waals surface area contributed by atoms with Gasteiger partial charge in [0.1, 0.15) is 18.4 Å². The molecule has 0 spiro atoms. The standard InChI is InChI=1S/C24H26N2O3/c1-17-13-14-22(29-2)20(15-17)26-24(28)23(19-11-7-4-8-12-19)25-16-21(27)18-9-5-3-6-10-18/h3-15,21,23,25,27H,16H2,1-2H3,(H,26,28)/p+1/t21-,23-/m0/s1. The van der Waals surface area contributed by atoms with Crippen LogP contribution < -0.4 is 15.4 Å². The van der Waals surface area contributed by atoms with Crippen molar-refractivity contribution in [3.8, 4) is 5.75 Å². The van der Waals surface area contributed by atoms with Crippen molar-refractivity contribution in [2.24, 2.45) is 0 Å². The van der Waals surface area contributed by atoms with Gasteiger partial charge in [-0.3, -0.25) is 4.79 Å². The molecule has 2 atom stereocenters. The Labute approximate surface area is 171 Å². The molecule has 5 nitrogen and oxygen atoms in total. The summed E-state index contributed by atoms with van der Waals surface area (Å²) in [7, 11) is 1.58. The second-order valence-corrected chi connectivity index (χ2v) is 6.98. The second-order valence-electron chi connectivity index (χ2n) is 6.98. The number of rotatable bonds is 8. The van der Waals surface area contributed by atoms with Crippen LogP contribution in [0, 0.1) is 6.92 Å². The maximum absolute atomic E-state index is 13.2. The summed E-state index contributed by atoms with van der Waals surface area (Å²) >= 11 is 0. The van der Waals surface area contributed by atoms with E-state index in [4.69, 9.17) is 4.74 Å². The predicted molar refractivity (Wildman–Crippen MR) is 114 cm³/mol. The molecule has 0 heterocycles. The Morgan fingerprint density at radius 3 is 2.24 bits per heavy atom. The van der Waals surface area contributed by atoms with Crippen molar-refractivity contribution in [2.45, 2.75) is 19.1 Å². The highest BCUT2D eigenvalue weighted by atomic mass is 16.5. The van der Waals surface area contributed by atoms with E-state index in [2.05, 4.69) is 5.32 Å². The van der Waals surface area contributed by atoms with Gasteiger partial charge >= 0.3 is 0 Å². The minimum absolute atomic E-state index is 0.166. The van der Waals surface area contributed by atoms with Crippen LogP contribution in [-0.4, -0.2) is 24.7 Å². The third-order valence-electron chi connectivity index (χ3n) is 4.83. The summed E-state index contributed by atoms with van der Waals surface area (Å²) in [6, 6.07) is 24.2. The SMILES string of the molecule is COc1ccc(C)cc1NC(=O)[C@@H]([NH2+]C[C@H](O)c1ccccc1)c1ccccc1. The summed E-state index contributed by atoms with van der Waals surface area (Å²) in [4.78, 5) is 13.2. The molecule has 3 aromatic carbocycles. The van der Waals surface area contributed by atoms with Crippen LogP contribution in [0.15, 0.2) is 78.9 Å². The first-order valence-corrected chi connectivity index (χ1v) is 9.65. The lowest BCUT2D eigenvalue weighted by molar-refractivity contribution is -0.689. The third kappa shape index (κ3) is 5.44. The molecular weight excluding hydrogens is 364 g/mol. The molecule has 0 unspecified atom stereocenters. The number of anilines is 1. The number of nitrogens with two attached hydrogens (primary N) is 1. The van der Waals surface area contributed by atoms with Gasteiger partial charge in [-0.2, -0.15) is 0 Å². The number of aliphatic hydroxyl groups excluding tert-OH is 1. The van der Waals surface area contributed by atoms with E-state index in [1.54, 1.807) is 7.11 Å². The largest absolute Gasteiger partial charge is 0.495 e. The first-order valence-electron chi connectivity index (χ1n) is 9.65. The van der Waals surface area contributed by atoms with Gasteiger partial charge in [-0.25, -0.2) is 0 Å². The van der Waals surface area contributed by atoms with Gasteiger partial charge in [-0.05, 0) is 30.2 Å². The number of aryl methyl sites for hydroxylation is 1. The molecule has 3 rings (SSSR count). The lowest BCUT2D eigenvalue weighted by atomic mass is 10.0. The molecule has 0 aliphatic rings. The normalized spacial score (nSPS) is 12.8. The van der Waals surface area contributed by atoms with Crippen molar-refractivity contribution >= 4 is 11.6 Å². The molecule has 0 bridgehead atoms. The van der Waals surface area contributed by atoms with E-state index in [0.717, 1.165) is 16.7 Å². The summed E-state index contributed by atoms with van der Waals surface area (Å²) in [5.74, 6) is 0.445. The summed E-state index contributed by atoms with van der Waals surface area (Å²) < 4.78 is 5.38. The number of carbonyl (C=O) groups is 1. The molecule has 0 fully saturated rings. The van der Waals surface area contributed by atoms with Gasteiger partial charge in [0.05, 0.1) is 12.8 Å². The average molecular weight is 391 g/mol. The first kappa shape index (κ1) is 20.6. The monoisotopic (exact) mass is 391 g/mol. The molecular formula is C24H27N2O3+. The number of carbonyl (C=O) groups excluding carboxylic acids is 1. The Bertz CT molecular complexity index is 929. The van der Waals surface area contributed by atoms with Crippen molar-refractivity contribution in [3.63, 3.8) is 0 Å². The highest BCUT2D eigenvalue weighted by molar-refractivity contribution is 5.95. The zero-order chi connectivity index (χ0) is 20.6. The number of amides is 1. The van der Waals surface area contributed by atoms with E-state index in [0.29, 0.717) is 18.0 Å². The molecule has 0 aliphatic carbocycles. The maximum atomic E-state index is 13.2. The molecule has 0 saturated heterocycles. The number of hydrogen-bond acceptors (Lipinski definition) is 3. The van der Waals surface area contributed by atoms with E-state index in [9.17, 15) is 9.90 Å². The van der Waals surface area contributed by atoms with E-state index in [1.807, 2.05) is 91.1 Å². The zero-order valence-corrected chi connectivity index (χ0v) is 16.7. The van der Waals surface area contributed by atoms with Gasteiger partial charge in [0, 0.05) is 5.56 Å².